The molecule has 0 amide bonds. The third kappa shape index (κ3) is 4.49. The highest BCUT2D eigenvalue weighted by atomic mass is 32.2. The second kappa shape index (κ2) is 9.32. The number of sulfonamides is 1. The van der Waals surface area contributed by atoms with E-state index in [9.17, 15) is 8.42 Å². The van der Waals surface area contributed by atoms with Gasteiger partial charge in [0.05, 0.1) is 23.9 Å². The quantitative estimate of drug-likeness (QED) is 0.537. The molecule has 0 aliphatic rings. The summed E-state index contributed by atoms with van der Waals surface area (Å²) in [6.07, 6.45) is 1.77. The van der Waals surface area contributed by atoms with Crippen LogP contribution in [-0.4, -0.2) is 43.1 Å². The molecule has 0 unspecified atom stereocenters. The lowest BCUT2D eigenvalue weighted by Gasteiger charge is -2.20. The van der Waals surface area contributed by atoms with Crippen LogP contribution in [0.3, 0.4) is 0 Å². The fraction of sp³-hybridized carbons (Fsp3) is 0.318. The highest BCUT2D eigenvalue weighted by Crippen LogP contribution is 2.26. The van der Waals surface area contributed by atoms with E-state index in [2.05, 4.69) is 15.5 Å². The molecule has 2 aromatic carbocycles. The monoisotopic (exact) mass is 428 g/mol. The SMILES string of the molecule is CCN(CC)S(=O)(=O)c1cc(NCc2cn[nH]c2-c2ccc(OC)cc2)ccc1C. The Labute approximate surface area is 178 Å². The van der Waals surface area contributed by atoms with Gasteiger partial charge in [-0.15, -0.1) is 0 Å². The van der Waals surface area contributed by atoms with Crippen molar-refractivity contribution in [3.63, 3.8) is 0 Å². The normalized spacial score (nSPS) is 11.6. The molecule has 0 radical (unpaired) electrons. The predicted octanol–water partition coefficient (Wildman–Crippen LogP) is 4.04. The Kier molecular flexibility index (Phi) is 6.79. The Morgan fingerprint density at radius 1 is 1.10 bits per heavy atom. The molecule has 0 bridgehead atoms. The van der Waals surface area contributed by atoms with Crippen LogP contribution in [-0.2, 0) is 16.6 Å². The van der Waals surface area contributed by atoms with Crippen molar-refractivity contribution in [1.82, 2.24) is 14.5 Å². The van der Waals surface area contributed by atoms with Crippen LogP contribution < -0.4 is 10.1 Å². The number of methoxy groups -OCH3 is 1. The number of H-pyrrole nitrogens is 1. The van der Waals surface area contributed by atoms with E-state index in [1.54, 1.807) is 19.4 Å². The van der Waals surface area contributed by atoms with E-state index in [1.165, 1.54) is 4.31 Å². The second-order valence-corrected chi connectivity index (χ2v) is 8.83. The topological polar surface area (TPSA) is 87.3 Å². The van der Waals surface area contributed by atoms with E-state index in [-0.39, 0.29) is 0 Å². The van der Waals surface area contributed by atoms with Gasteiger partial charge >= 0.3 is 0 Å². The van der Waals surface area contributed by atoms with Crippen molar-refractivity contribution in [2.75, 3.05) is 25.5 Å². The summed E-state index contributed by atoms with van der Waals surface area (Å²) in [5.41, 5.74) is 4.36. The first-order valence-electron chi connectivity index (χ1n) is 9.92. The standard InChI is InChI=1S/C22H28N4O3S/c1-5-26(6-2)30(27,28)21-13-19(10-7-16(21)3)23-14-18-15-24-25-22(18)17-8-11-20(29-4)12-9-17/h7-13,15,23H,5-6,14H2,1-4H3,(H,24,25). The molecule has 30 heavy (non-hydrogen) atoms. The van der Waals surface area contributed by atoms with Crippen LogP contribution in [0.15, 0.2) is 53.6 Å². The highest BCUT2D eigenvalue weighted by molar-refractivity contribution is 7.89. The van der Waals surface area contributed by atoms with Crippen molar-refractivity contribution >= 4 is 15.7 Å². The Balaban J connectivity index is 1.82. The first kappa shape index (κ1) is 21.9. The maximum absolute atomic E-state index is 13.0. The summed E-state index contributed by atoms with van der Waals surface area (Å²) in [5.74, 6) is 0.791. The van der Waals surface area contributed by atoms with Crippen molar-refractivity contribution in [3.05, 3.63) is 59.8 Å². The molecule has 3 rings (SSSR count). The van der Waals surface area contributed by atoms with Crippen LogP contribution in [0, 0.1) is 6.92 Å². The smallest absolute Gasteiger partial charge is 0.243 e. The van der Waals surface area contributed by atoms with Crippen molar-refractivity contribution in [3.8, 4) is 17.0 Å². The maximum Gasteiger partial charge on any atom is 0.243 e. The maximum atomic E-state index is 13.0. The number of nitrogens with zero attached hydrogens (tertiary/aromatic N) is 2. The number of aromatic amines is 1. The molecule has 0 atom stereocenters. The zero-order valence-corrected chi connectivity index (χ0v) is 18.6. The van der Waals surface area contributed by atoms with Gasteiger partial charge in [0.15, 0.2) is 0 Å². The fourth-order valence-corrected chi connectivity index (χ4v) is 5.05. The van der Waals surface area contributed by atoms with Gasteiger partial charge in [-0.3, -0.25) is 5.10 Å². The Morgan fingerprint density at radius 2 is 1.80 bits per heavy atom. The lowest BCUT2D eigenvalue weighted by Crippen LogP contribution is -2.31. The van der Waals surface area contributed by atoms with Gasteiger partial charge in [-0.25, -0.2) is 8.42 Å². The molecule has 160 valence electrons. The van der Waals surface area contributed by atoms with Crippen LogP contribution in [0.2, 0.25) is 0 Å². The van der Waals surface area contributed by atoms with Crippen molar-refractivity contribution in [2.45, 2.75) is 32.2 Å². The van der Waals surface area contributed by atoms with Crippen LogP contribution in [0.4, 0.5) is 5.69 Å². The lowest BCUT2D eigenvalue weighted by atomic mass is 10.1. The summed E-state index contributed by atoms with van der Waals surface area (Å²) >= 11 is 0. The van der Waals surface area contributed by atoms with Gasteiger partial charge in [0, 0.05) is 36.4 Å². The molecule has 7 nitrogen and oxygen atoms in total. The molecule has 3 aromatic rings. The first-order chi connectivity index (χ1) is 14.4. The number of benzene rings is 2. The number of rotatable bonds is 9. The molecular formula is C22H28N4O3S. The zero-order chi connectivity index (χ0) is 21.7. The van der Waals surface area contributed by atoms with Gasteiger partial charge in [0.25, 0.3) is 0 Å². The van der Waals surface area contributed by atoms with Gasteiger partial charge < -0.3 is 10.1 Å². The van der Waals surface area contributed by atoms with Gasteiger partial charge in [-0.2, -0.15) is 9.40 Å². The predicted molar refractivity (Wildman–Crippen MR) is 119 cm³/mol. The average molecular weight is 429 g/mol. The van der Waals surface area contributed by atoms with Gasteiger partial charge in [-0.05, 0) is 48.9 Å². The fourth-order valence-electron chi connectivity index (χ4n) is 3.34. The van der Waals surface area contributed by atoms with E-state index in [1.807, 2.05) is 57.2 Å². The third-order valence-electron chi connectivity index (χ3n) is 5.09. The highest BCUT2D eigenvalue weighted by Gasteiger charge is 2.23. The minimum absolute atomic E-state index is 0.332. The number of ether oxygens (including phenoxy) is 1. The van der Waals surface area contributed by atoms with Gasteiger partial charge in [-0.1, -0.05) is 19.9 Å². The number of aryl methyl sites for hydroxylation is 1. The van der Waals surface area contributed by atoms with Crippen LogP contribution in [0.5, 0.6) is 5.75 Å². The molecular weight excluding hydrogens is 400 g/mol. The van der Waals surface area contributed by atoms with E-state index in [4.69, 9.17) is 4.74 Å². The lowest BCUT2D eigenvalue weighted by molar-refractivity contribution is 0.415. The molecule has 0 fully saturated rings. The number of anilines is 1. The van der Waals surface area contributed by atoms with E-state index < -0.39 is 10.0 Å². The summed E-state index contributed by atoms with van der Waals surface area (Å²) in [6.45, 7) is 6.90. The molecule has 0 aliphatic heterocycles. The van der Waals surface area contributed by atoms with Gasteiger partial charge in [0.1, 0.15) is 5.75 Å². The molecule has 1 aromatic heterocycles. The van der Waals surface area contributed by atoms with E-state index in [0.717, 1.165) is 33.8 Å². The van der Waals surface area contributed by atoms with E-state index >= 15 is 0 Å². The van der Waals surface area contributed by atoms with Crippen LogP contribution in [0.25, 0.3) is 11.3 Å². The van der Waals surface area contributed by atoms with Gasteiger partial charge in [0.2, 0.25) is 10.0 Å². The summed E-state index contributed by atoms with van der Waals surface area (Å²) in [6, 6.07) is 13.2. The Morgan fingerprint density at radius 3 is 2.43 bits per heavy atom. The summed E-state index contributed by atoms with van der Waals surface area (Å²) in [5, 5.41) is 10.5. The summed E-state index contributed by atoms with van der Waals surface area (Å²) < 4.78 is 32.6. The molecule has 1 heterocycles. The Hall–Kier alpha value is -2.84. The molecule has 0 saturated carbocycles. The number of hydrogen-bond acceptors (Lipinski definition) is 5. The molecule has 0 spiro atoms. The molecule has 2 N–H and O–H groups in total. The van der Waals surface area contributed by atoms with Crippen LogP contribution >= 0.6 is 0 Å². The molecule has 0 aliphatic carbocycles. The zero-order valence-electron chi connectivity index (χ0n) is 17.8. The second-order valence-electron chi connectivity index (χ2n) is 6.92. The van der Waals surface area contributed by atoms with Crippen molar-refractivity contribution in [1.29, 1.82) is 0 Å². The third-order valence-corrected chi connectivity index (χ3v) is 7.28. The Bertz CT molecular complexity index is 1090. The average Bonchev–Trinajstić information content (AvgIpc) is 3.22. The van der Waals surface area contributed by atoms with Crippen LogP contribution in [0.1, 0.15) is 25.0 Å². The van der Waals surface area contributed by atoms with Crippen molar-refractivity contribution < 1.29 is 13.2 Å². The summed E-state index contributed by atoms with van der Waals surface area (Å²) in [7, 11) is -1.89. The molecule has 0 saturated heterocycles. The number of nitrogens with one attached hydrogen (secondary N) is 2. The number of hydrogen-bond donors (Lipinski definition) is 2. The molecule has 8 heteroatoms. The largest absolute Gasteiger partial charge is 0.497 e. The van der Waals surface area contributed by atoms with Crippen molar-refractivity contribution in [2.24, 2.45) is 0 Å². The van der Waals surface area contributed by atoms with E-state index in [0.29, 0.717) is 24.5 Å². The first-order valence-corrected chi connectivity index (χ1v) is 11.4. The number of aromatic nitrogens is 2. The minimum atomic E-state index is -3.52. The summed E-state index contributed by atoms with van der Waals surface area (Å²) in [4.78, 5) is 0.332. The minimum Gasteiger partial charge on any atom is -0.497 e.